The molecule has 1 aromatic rings. The maximum absolute atomic E-state index is 12.6. The Morgan fingerprint density at radius 2 is 1.52 bits per heavy atom. The molecule has 0 aromatic heterocycles. The molecular formula is C16H13Cl2NO2. The van der Waals surface area contributed by atoms with Crippen LogP contribution in [0.4, 0.5) is 0 Å². The molecule has 2 bridgehead atoms. The highest BCUT2D eigenvalue weighted by Crippen LogP contribution is 2.52. The number of benzene rings is 1. The minimum atomic E-state index is -0.172. The number of likely N-dealkylation sites (tertiary alicyclic amines) is 1. The molecule has 2 fully saturated rings. The van der Waals surface area contributed by atoms with Gasteiger partial charge in [-0.1, -0.05) is 41.4 Å². The number of halogens is 2. The summed E-state index contributed by atoms with van der Waals surface area (Å²) in [5, 5.41) is 0.975. The molecule has 0 unspecified atom stereocenters. The molecule has 2 amide bonds. The molecule has 5 heteroatoms. The minimum absolute atomic E-state index is 0.0714. The molecule has 21 heavy (non-hydrogen) atoms. The molecule has 1 aromatic carbocycles. The lowest BCUT2D eigenvalue weighted by Gasteiger charge is -2.18. The monoisotopic (exact) mass is 321 g/mol. The largest absolute Gasteiger partial charge is 0.277 e. The normalized spacial score (nSPS) is 33.1. The second-order valence-electron chi connectivity index (χ2n) is 5.96. The van der Waals surface area contributed by atoms with Gasteiger partial charge in [-0.05, 0) is 30.4 Å². The number of nitrogens with zero attached hydrogens (tertiary/aromatic N) is 1. The van der Waals surface area contributed by atoms with Crippen molar-refractivity contribution in [2.24, 2.45) is 23.7 Å². The SMILES string of the molecule is O=C1[C@@H]2[C@H](C(=O)N1Cc1c(Cl)cccc1Cl)[C@H]1C=C[C@H]2C1. The lowest BCUT2D eigenvalue weighted by molar-refractivity contribution is -0.141. The van der Waals surface area contributed by atoms with Crippen molar-refractivity contribution in [1.82, 2.24) is 4.90 Å². The summed E-state index contributed by atoms with van der Waals surface area (Å²) < 4.78 is 0. The van der Waals surface area contributed by atoms with Gasteiger partial charge in [0.1, 0.15) is 0 Å². The van der Waals surface area contributed by atoms with Crippen molar-refractivity contribution >= 4 is 35.0 Å². The van der Waals surface area contributed by atoms with Crippen molar-refractivity contribution in [3.8, 4) is 0 Å². The number of hydrogen-bond acceptors (Lipinski definition) is 2. The zero-order valence-electron chi connectivity index (χ0n) is 11.1. The summed E-state index contributed by atoms with van der Waals surface area (Å²) >= 11 is 12.3. The van der Waals surface area contributed by atoms with Crippen molar-refractivity contribution in [3.63, 3.8) is 0 Å². The molecule has 4 atom stereocenters. The third kappa shape index (κ3) is 1.80. The van der Waals surface area contributed by atoms with Gasteiger partial charge in [-0.3, -0.25) is 14.5 Å². The Labute approximate surface area is 132 Å². The van der Waals surface area contributed by atoms with E-state index >= 15 is 0 Å². The molecular weight excluding hydrogens is 309 g/mol. The van der Waals surface area contributed by atoms with Crippen LogP contribution < -0.4 is 0 Å². The Bertz CT molecular complexity index is 635. The lowest BCUT2D eigenvalue weighted by atomic mass is 9.85. The van der Waals surface area contributed by atoms with Crippen LogP contribution in [0.3, 0.4) is 0 Å². The van der Waals surface area contributed by atoms with Gasteiger partial charge in [-0.15, -0.1) is 0 Å². The summed E-state index contributed by atoms with van der Waals surface area (Å²) in [6, 6.07) is 5.19. The van der Waals surface area contributed by atoms with E-state index in [4.69, 9.17) is 23.2 Å². The molecule has 3 nitrogen and oxygen atoms in total. The van der Waals surface area contributed by atoms with E-state index in [1.807, 2.05) is 0 Å². The predicted molar refractivity (Wildman–Crippen MR) is 79.7 cm³/mol. The number of carbonyl (C=O) groups excluding carboxylic acids is 2. The van der Waals surface area contributed by atoms with Crippen LogP contribution >= 0.6 is 23.2 Å². The summed E-state index contributed by atoms with van der Waals surface area (Å²) in [4.78, 5) is 26.5. The number of amides is 2. The van der Waals surface area contributed by atoms with Gasteiger partial charge in [0.05, 0.1) is 18.4 Å². The molecule has 1 saturated heterocycles. The van der Waals surface area contributed by atoms with Crippen LogP contribution in [-0.4, -0.2) is 16.7 Å². The van der Waals surface area contributed by atoms with Gasteiger partial charge in [0, 0.05) is 15.6 Å². The zero-order chi connectivity index (χ0) is 14.7. The fraction of sp³-hybridized carbons (Fsp3) is 0.375. The van der Waals surface area contributed by atoms with Crippen LogP contribution in [0.15, 0.2) is 30.4 Å². The van der Waals surface area contributed by atoms with Gasteiger partial charge < -0.3 is 0 Å². The van der Waals surface area contributed by atoms with E-state index in [2.05, 4.69) is 12.2 Å². The highest BCUT2D eigenvalue weighted by Gasteiger charge is 2.59. The third-order valence-corrected chi connectivity index (χ3v) is 5.65. The predicted octanol–water partition coefficient (Wildman–Crippen LogP) is 3.30. The molecule has 1 aliphatic heterocycles. The average molecular weight is 322 g/mol. The van der Waals surface area contributed by atoms with Gasteiger partial charge in [-0.2, -0.15) is 0 Å². The second-order valence-corrected chi connectivity index (χ2v) is 6.78. The Balaban J connectivity index is 1.66. The summed E-state index contributed by atoms with van der Waals surface area (Å²) in [5.74, 6) is -0.0375. The molecule has 0 radical (unpaired) electrons. The first-order valence-electron chi connectivity index (χ1n) is 7.04. The summed E-state index contributed by atoms with van der Waals surface area (Å²) in [7, 11) is 0. The molecule has 1 saturated carbocycles. The van der Waals surface area contributed by atoms with Crippen LogP contribution in [-0.2, 0) is 16.1 Å². The zero-order valence-corrected chi connectivity index (χ0v) is 12.6. The van der Waals surface area contributed by atoms with Crippen LogP contribution in [0.5, 0.6) is 0 Å². The van der Waals surface area contributed by atoms with E-state index in [0.717, 1.165) is 6.42 Å². The van der Waals surface area contributed by atoms with Gasteiger partial charge in [0.2, 0.25) is 11.8 Å². The van der Waals surface area contributed by atoms with E-state index in [1.165, 1.54) is 4.90 Å². The molecule has 2 aliphatic carbocycles. The highest BCUT2D eigenvalue weighted by molar-refractivity contribution is 6.36. The smallest absolute Gasteiger partial charge is 0.234 e. The van der Waals surface area contributed by atoms with Crippen LogP contribution in [0.1, 0.15) is 12.0 Å². The summed E-state index contributed by atoms with van der Waals surface area (Å²) in [6.07, 6.45) is 5.11. The van der Waals surface area contributed by atoms with Crippen molar-refractivity contribution in [3.05, 3.63) is 46.0 Å². The van der Waals surface area contributed by atoms with Crippen LogP contribution in [0, 0.1) is 23.7 Å². The minimum Gasteiger partial charge on any atom is -0.277 e. The molecule has 0 N–H and O–H groups in total. The quantitative estimate of drug-likeness (QED) is 0.619. The van der Waals surface area contributed by atoms with Crippen molar-refractivity contribution in [2.45, 2.75) is 13.0 Å². The van der Waals surface area contributed by atoms with Crippen molar-refractivity contribution in [1.29, 1.82) is 0 Å². The third-order valence-electron chi connectivity index (χ3n) is 4.94. The fourth-order valence-corrected chi connectivity index (χ4v) is 4.48. The molecule has 3 aliphatic rings. The summed E-state index contributed by atoms with van der Waals surface area (Å²) in [5.41, 5.74) is 0.641. The second kappa shape index (κ2) is 4.59. The van der Waals surface area contributed by atoms with E-state index < -0.39 is 0 Å². The summed E-state index contributed by atoms with van der Waals surface area (Å²) in [6.45, 7) is 0.169. The first-order valence-corrected chi connectivity index (χ1v) is 7.80. The molecule has 0 spiro atoms. The van der Waals surface area contributed by atoms with Crippen LogP contribution in [0.2, 0.25) is 10.0 Å². The molecule has 4 rings (SSSR count). The van der Waals surface area contributed by atoms with Gasteiger partial charge >= 0.3 is 0 Å². The van der Waals surface area contributed by atoms with E-state index in [9.17, 15) is 9.59 Å². The Kier molecular flexibility index (Phi) is 2.92. The molecule has 108 valence electrons. The number of hydrogen-bond donors (Lipinski definition) is 0. The Morgan fingerprint density at radius 1 is 1.00 bits per heavy atom. The number of imide groups is 1. The highest BCUT2D eigenvalue weighted by atomic mass is 35.5. The number of rotatable bonds is 2. The maximum atomic E-state index is 12.6. The number of allylic oxidation sites excluding steroid dienone is 2. The van der Waals surface area contributed by atoms with Crippen molar-refractivity contribution in [2.75, 3.05) is 0 Å². The van der Waals surface area contributed by atoms with Crippen LogP contribution in [0.25, 0.3) is 0 Å². The van der Waals surface area contributed by atoms with Gasteiger partial charge in [0.25, 0.3) is 0 Å². The Morgan fingerprint density at radius 3 is 2.05 bits per heavy atom. The number of fused-ring (bicyclic) bond motifs is 5. The van der Waals surface area contributed by atoms with Gasteiger partial charge in [-0.25, -0.2) is 0 Å². The Hall–Kier alpha value is -1.32. The topological polar surface area (TPSA) is 37.4 Å². The van der Waals surface area contributed by atoms with Gasteiger partial charge in [0.15, 0.2) is 0 Å². The standard InChI is InChI=1S/C16H13Cl2NO2/c17-11-2-1-3-12(18)10(11)7-19-15(20)13-8-4-5-9(6-8)14(13)16(19)21/h1-5,8-9,13-14H,6-7H2/t8-,9-,13-,14+/m0/s1. The van der Waals surface area contributed by atoms with E-state index in [-0.39, 0.29) is 42.0 Å². The lowest BCUT2D eigenvalue weighted by Crippen LogP contribution is -2.32. The van der Waals surface area contributed by atoms with E-state index in [1.54, 1.807) is 18.2 Å². The van der Waals surface area contributed by atoms with Crippen molar-refractivity contribution < 1.29 is 9.59 Å². The van der Waals surface area contributed by atoms with E-state index in [0.29, 0.717) is 15.6 Å². The number of carbonyl (C=O) groups is 2. The fourth-order valence-electron chi connectivity index (χ4n) is 3.96. The average Bonchev–Trinajstić information content (AvgIpc) is 3.11. The molecule has 1 heterocycles. The maximum Gasteiger partial charge on any atom is 0.234 e. The first-order chi connectivity index (χ1) is 10.1. The first kappa shape index (κ1) is 13.4.